The number of para-hydroxylation sites is 2. The van der Waals surface area contributed by atoms with Crippen molar-refractivity contribution < 1.29 is 4.39 Å². The Labute approximate surface area is 102 Å². The number of fused-ring (bicyclic) bond motifs is 5. The summed E-state index contributed by atoms with van der Waals surface area (Å²) in [6.45, 7) is 0. The number of nitrogens with zero attached hydrogens (tertiary/aromatic N) is 2. The van der Waals surface area contributed by atoms with Crippen molar-refractivity contribution in [1.29, 1.82) is 0 Å². The normalized spacial score (nSPS) is 11.6. The van der Waals surface area contributed by atoms with E-state index in [4.69, 9.17) is 0 Å². The van der Waals surface area contributed by atoms with E-state index in [-0.39, 0.29) is 5.82 Å². The number of hydrogen-bond donors (Lipinski definition) is 0. The fourth-order valence-electron chi connectivity index (χ4n) is 2.45. The van der Waals surface area contributed by atoms with Crippen LogP contribution in [0.1, 0.15) is 0 Å². The summed E-state index contributed by atoms with van der Waals surface area (Å²) in [5.74, 6) is -0.212. The predicted octanol–water partition coefficient (Wildman–Crippen LogP) is 3.78. The minimum Gasteiger partial charge on any atom is -0.312 e. The zero-order valence-electron chi connectivity index (χ0n) is 9.47. The molecule has 86 valence electrons. The molecule has 0 radical (unpaired) electrons. The number of rotatable bonds is 0. The molecule has 0 bridgehead atoms. The molecule has 0 aliphatic rings. The van der Waals surface area contributed by atoms with Crippen molar-refractivity contribution in [2.45, 2.75) is 0 Å². The first kappa shape index (κ1) is 9.59. The van der Waals surface area contributed by atoms with Crippen molar-refractivity contribution in [2.75, 3.05) is 0 Å². The smallest absolute Gasteiger partial charge is 0.123 e. The third-order valence-corrected chi connectivity index (χ3v) is 3.28. The molecule has 3 heteroatoms. The van der Waals surface area contributed by atoms with Gasteiger partial charge in [0, 0.05) is 17.0 Å². The average Bonchev–Trinajstić information content (AvgIpc) is 2.76. The molecule has 0 aliphatic heterocycles. The standard InChI is InChI=1S/C15H9FN2/c16-11-5-6-12-10(7-11)9-18-14-4-2-1-3-13(14)17-8-15(12)18/h1-9H. The van der Waals surface area contributed by atoms with Crippen LogP contribution in [0.3, 0.4) is 0 Å². The SMILES string of the molecule is Fc1ccc2c(c1)cn1c3ccccc3ncc21. The molecule has 0 atom stereocenters. The molecule has 0 unspecified atom stereocenters. The molecule has 0 N–H and O–H groups in total. The molecule has 4 rings (SSSR count). The molecule has 0 fully saturated rings. The van der Waals surface area contributed by atoms with E-state index in [9.17, 15) is 4.39 Å². The molecule has 18 heavy (non-hydrogen) atoms. The molecular formula is C15H9FN2. The van der Waals surface area contributed by atoms with Crippen LogP contribution in [-0.2, 0) is 0 Å². The lowest BCUT2D eigenvalue weighted by molar-refractivity contribution is 0.630. The molecule has 2 aromatic heterocycles. The zero-order chi connectivity index (χ0) is 12.1. The molecule has 0 saturated carbocycles. The predicted molar refractivity (Wildman–Crippen MR) is 70.2 cm³/mol. The summed E-state index contributed by atoms with van der Waals surface area (Å²) in [4.78, 5) is 4.44. The zero-order valence-corrected chi connectivity index (χ0v) is 9.47. The molecule has 0 aliphatic carbocycles. The molecule has 2 heterocycles. The molecule has 0 amide bonds. The largest absolute Gasteiger partial charge is 0.312 e. The van der Waals surface area contributed by atoms with Crippen LogP contribution < -0.4 is 0 Å². The van der Waals surface area contributed by atoms with Crippen molar-refractivity contribution >= 4 is 27.3 Å². The quantitative estimate of drug-likeness (QED) is 0.454. The lowest BCUT2D eigenvalue weighted by Crippen LogP contribution is -1.88. The van der Waals surface area contributed by atoms with Crippen LogP contribution in [0.25, 0.3) is 27.3 Å². The van der Waals surface area contributed by atoms with Gasteiger partial charge in [-0.1, -0.05) is 12.1 Å². The van der Waals surface area contributed by atoms with E-state index < -0.39 is 0 Å². The second-order valence-corrected chi connectivity index (χ2v) is 4.36. The van der Waals surface area contributed by atoms with Gasteiger partial charge in [-0.15, -0.1) is 0 Å². The summed E-state index contributed by atoms with van der Waals surface area (Å²) in [5, 5.41) is 1.92. The second-order valence-electron chi connectivity index (χ2n) is 4.36. The van der Waals surface area contributed by atoms with Crippen LogP contribution in [0.4, 0.5) is 4.39 Å². The summed E-state index contributed by atoms with van der Waals surface area (Å²) in [5.41, 5.74) is 2.97. The maximum Gasteiger partial charge on any atom is 0.123 e. The minimum absolute atomic E-state index is 0.212. The van der Waals surface area contributed by atoms with Crippen molar-refractivity contribution in [3.05, 3.63) is 60.7 Å². The highest BCUT2D eigenvalue weighted by Gasteiger charge is 2.06. The summed E-state index contributed by atoms with van der Waals surface area (Å²) in [6, 6.07) is 12.8. The lowest BCUT2D eigenvalue weighted by Gasteiger charge is -2.00. The van der Waals surface area contributed by atoms with E-state index in [1.807, 2.05) is 36.7 Å². The Morgan fingerprint density at radius 1 is 1.00 bits per heavy atom. The van der Waals surface area contributed by atoms with Gasteiger partial charge in [-0.2, -0.15) is 0 Å². The highest BCUT2D eigenvalue weighted by molar-refractivity contribution is 5.99. The van der Waals surface area contributed by atoms with Gasteiger partial charge in [-0.05, 0) is 30.3 Å². The Hall–Kier alpha value is -2.42. The molecule has 0 spiro atoms. The van der Waals surface area contributed by atoms with E-state index in [2.05, 4.69) is 9.38 Å². The van der Waals surface area contributed by atoms with Gasteiger partial charge < -0.3 is 4.40 Å². The van der Waals surface area contributed by atoms with Crippen LogP contribution in [0.2, 0.25) is 0 Å². The summed E-state index contributed by atoms with van der Waals surface area (Å²) >= 11 is 0. The van der Waals surface area contributed by atoms with E-state index in [0.717, 1.165) is 27.3 Å². The molecule has 0 saturated heterocycles. The fourth-order valence-corrected chi connectivity index (χ4v) is 2.45. The highest BCUT2D eigenvalue weighted by atomic mass is 19.1. The summed E-state index contributed by atoms with van der Waals surface area (Å²) < 4.78 is 15.3. The summed E-state index contributed by atoms with van der Waals surface area (Å²) in [6.07, 6.45) is 3.79. The van der Waals surface area contributed by atoms with Crippen LogP contribution in [0, 0.1) is 5.82 Å². The maximum atomic E-state index is 13.3. The van der Waals surface area contributed by atoms with Crippen molar-refractivity contribution in [2.24, 2.45) is 0 Å². The van der Waals surface area contributed by atoms with Gasteiger partial charge in [0.15, 0.2) is 0 Å². The van der Waals surface area contributed by atoms with E-state index in [1.54, 1.807) is 12.1 Å². The third-order valence-electron chi connectivity index (χ3n) is 3.28. The van der Waals surface area contributed by atoms with Crippen LogP contribution in [0.5, 0.6) is 0 Å². The Kier molecular flexibility index (Phi) is 1.75. The van der Waals surface area contributed by atoms with Gasteiger partial charge in [0.05, 0.1) is 22.7 Å². The van der Waals surface area contributed by atoms with Gasteiger partial charge in [0.25, 0.3) is 0 Å². The Bertz CT molecular complexity index is 893. The second kappa shape index (κ2) is 3.29. The number of halogens is 1. The van der Waals surface area contributed by atoms with Gasteiger partial charge in [-0.25, -0.2) is 4.39 Å². The average molecular weight is 236 g/mol. The van der Waals surface area contributed by atoms with Crippen LogP contribution in [-0.4, -0.2) is 9.38 Å². The van der Waals surface area contributed by atoms with Gasteiger partial charge in [0.1, 0.15) is 5.82 Å². The third kappa shape index (κ3) is 1.19. The Morgan fingerprint density at radius 3 is 2.83 bits per heavy atom. The minimum atomic E-state index is -0.212. The molecule has 2 aromatic carbocycles. The fraction of sp³-hybridized carbons (Fsp3) is 0. The number of benzene rings is 2. The maximum absolute atomic E-state index is 13.3. The first-order valence-corrected chi connectivity index (χ1v) is 5.77. The topological polar surface area (TPSA) is 17.3 Å². The van der Waals surface area contributed by atoms with Gasteiger partial charge in [0.2, 0.25) is 0 Å². The number of aromatic nitrogens is 2. The Morgan fingerprint density at radius 2 is 1.89 bits per heavy atom. The van der Waals surface area contributed by atoms with Gasteiger partial charge >= 0.3 is 0 Å². The van der Waals surface area contributed by atoms with Crippen molar-refractivity contribution in [1.82, 2.24) is 9.38 Å². The van der Waals surface area contributed by atoms with Crippen molar-refractivity contribution in [3.63, 3.8) is 0 Å². The molecule has 4 aromatic rings. The van der Waals surface area contributed by atoms with Gasteiger partial charge in [-0.3, -0.25) is 4.98 Å². The van der Waals surface area contributed by atoms with E-state index in [1.165, 1.54) is 6.07 Å². The van der Waals surface area contributed by atoms with Crippen LogP contribution in [0.15, 0.2) is 54.9 Å². The van der Waals surface area contributed by atoms with E-state index in [0.29, 0.717) is 0 Å². The highest BCUT2D eigenvalue weighted by Crippen LogP contribution is 2.25. The first-order valence-electron chi connectivity index (χ1n) is 5.77. The van der Waals surface area contributed by atoms with Crippen molar-refractivity contribution in [3.8, 4) is 0 Å². The Balaban J connectivity index is 2.29. The lowest BCUT2D eigenvalue weighted by atomic mass is 10.2. The monoisotopic (exact) mass is 236 g/mol. The molecular weight excluding hydrogens is 227 g/mol. The first-order chi connectivity index (χ1) is 8.83. The number of hydrogen-bond acceptors (Lipinski definition) is 1. The van der Waals surface area contributed by atoms with E-state index >= 15 is 0 Å². The molecule has 2 nitrogen and oxygen atoms in total. The van der Waals surface area contributed by atoms with Crippen LogP contribution >= 0.6 is 0 Å². The summed E-state index contributed by atoms with van der Waals surface area (Å²) in [7, 11) is 0.